The number of aromatic nitrogens is 4. The Morgan fingerprint density at radius 3 is 2.35 bits per heavy atom. The summed E-state index contributed by atoms with van der Waals surface area (Å²) in [6, 6.07) is 11.3. The number of methoxy groups -OCH3 is 2. The van der Waals surface area contributed by atoms with E-state index in [9.17, 15) is 0 Å². The van der Waals surface area contributed by atoms with Crippen LogP contribution in [-0.4, -0.2) is 110 Å². The Morgan fingerprint density at radius 2 is 1.65 bits per heavy atom. The van der Waals surface area contributed by atoms with E-state index in [1.807, 2.05) is 6.07 Å². The fraction of sp³-hybridized carbons (Fsp3) is 0.444. The van der Waals surface area contributed by atoms with Crippen LogP contribution in [0.1, 0.15) is 25.3 Å². The molecule has 6 rings (SSSR count). The maximum Gasteiger partial charge on any atom is 0.240 e. The quantitative estimate of drug-likeness (QED) is 0.168. The van der Waals surface area contributed by atoms with Gasteiger partial charge in [0.15, 0.2) is 0 Å². The van der Waals surface area contributed by atoms with Crippen LogP contribution in [0.3, 0.4) is 0 Å². The number of aryl methyl sites for hydroxylation is 1. The highest BCUT2D eigenvalue weighted by atomic mass is 79.9. The molecule has 0 spiro atoms. The van der Waals surface area contributed by atoms with Crippen LogP contribution in [0.4, 0.5) is 28.8 Å². The van der Waals surface area contributed by atoms with Crippen molar-refractivity contribution in [2.45, 2.75) is 32.2 Å². The zero-order chi connectivity index (χ0) is 34.5. The number of ether oxygens (including phenoxy) is 2. The van der Waals surface area contributed by atoms with Gasteiger partial charge in [-0.05, 0) is 84.6 Å². The van der Waals surface area contributed by atoms with Gasteiger partial charge in [0.2, 0.25) is 11.8 Å². The van der Waals surface area contributed by atoms with Crippen molar-refractivity contribution in [1.29, 1.82) is 0 Å². The first-order valence-corrected chi connectivity index (χ1v) is 19.9. The summed E-state index contributed by atoms with van der Waals surface area (Å²) in [5.74, 6) is 2.41. The number of piperidine rings is 1. The van der Waals surface area contributed by atoms with Gasteiger partial charge in [-0.2, -0.15) is 4.98 Å². The number of halogens is 1. The Labute approximate surface area is 299 Å². The maximum absolute atomic E-state index is 5.93. The number of hydrogen-bond acceptors (Lipinski definition) is 11. The van der Waals surface area contributed by atoms with E-state index in [4.69, 9.17) is 14.5 Å². The van der Waals surface area contributed by atoms with Crippen molar-refractivity contribution >= 4 is 58.0 Å². The molecule has 0 radical (unpaired) electrons. The molecule has 2 aromatic carbocycles. The standard InChI is InChI=1S/C36H47BrN9O2P/c1-7-24-20-29(31(47-3)22-30(24)46-14-10-26(11-15-46)45-18-16-44(2)17-19-45)42-36-40-23-27(37)34(43-36)41-28-9-8-25(21-32(28)49(5)6)33-35(48-4)39-13-12-38-33/h8-9,12-13,20-23,26H,7,10-11,14-19H2,1-6H3,(H2,40,41,42,43). The average molecular weight is 749 g/mol. The van der Waals surface area contributed by atoms with Crippen LogP contribution in [0.15, 0.2) is 53.4 Å². The first-order chi connectivity index (χ1) is 23.8. The number of benzene rings is 2. The van der Waals surface area contributed by atoms with Crippen LogP contribution < -0.4 is 30.3 Å². The van der Waals surface area contributed by atoms with Crippen molar-refractivity contribution in [3.63, 3.8) is 0 Å². The van der Waals surface area contributed by atoms with Crippen molar-refractivity contribution in [2.24, 2.45) is 0 Å². The van der Waals surface area contributed by atoms with Crippen LogP contribution in [-0.2, 0) is 6.42 Å². The number of likely N-dealkylation sites (N-methyl/N-ethyl adjacent to an activating group) is 1. The summed E-state index contributed by atoms with van der Waals surface area (Å²) in [7, 11) is 5.09. The minimum absolute atomic E-state index is 0.470. The van der Waals surface area contributed by atoms with E-state index < -0.39 is 7.92 Å². The van der Waals surface area contributed by atoms with Gasteiger partial charge in [0, 0.05) is 86.9 Å². The minimum atomic E-state index is -0.470. The molecule has 260 valence electrons. The summed E-state index contributed by atoms with van der Waals surface area (Å²) in [6.07, 6.45) is 8.37. The molecule has 4 aromatic rings. The van der Waals surface area contributed by atoms with Gasteiger partial charge in [-0.15, -0.1) is 0 Å². The summed E-state index contributed by atoms with van der Waals surface area (Å²) >= 11 is 3.66. The lowest BCUT2D eigenvalue weighted by atomic mass is 9.99. The molecule has 49 heavy (non-hydrogen) atoms. The van der Waals surface area contributed by atoms with Crippen LogP contribution in [0.25, 0.3) is 11.3 Å². The van der Waals surface area contributed by atoms with Crippen molar-refractivity contribution in [2.75, 3.05) is 89.4 Å². The van der Waals surface area contributed by atoms with Crippen molar-refractivity contribution in [3.8, 4) is 22.9 Å². The summed E-state index contributed by atoms with van der Waals surface area (Å²) in [5, 5.41) is 8.19. The van der Waals surface area contributed by atoms with Gasteiger partial charge in [0.25, 0.3) is 0 Å². The summed E-state index contributed by atoms with van der Waals surface area (Å²) in [4.78, 5) is 26.0. The number of rotatable bonds is 11. The topological polar surface area (TPSA) is 104 Å². The molecule has 0 atom stereocenters. The molecule has 0 saturated carbocycles. The van der Waals surface area contributed by atoms with Gasteiger partial charge < -0.3 is 29.9 Å². The molecule has 11 nitrogen and oxygen atoms in total. The molecule has 0 unspecified atom stereocenters. The molecule has 4 heterocycles. The third-order valence-electron chi connectivity index (χ3n) is 9.50. The molecule has 2 aliphatic rings. The van der Waals surface area contributed by atoms with Crippen molar-refractivity contribution < 1.29 is 9.47 Å². The molecular formula is C36H47BrN9O2P. The molecule has 2 aliphatic heterocycles. The van der Waals surface area contributed by atoms with E-state index in [1.54, 1.807) is 32.8 Å². The lowest BCUT2D eigenvalue weighted by Crippen LogP contribution is -2.52. The van der Waals surface area contributed by atoms with E-state index in [-0.39, 0.29) is 0 Å². The number of anilines is 5. The molecule has 0 bridgehead atoms. The fourth-order valence-electron chi connectivity index (χ4n) is 6.71. The van der Waals surface area contributed by atoms with Gasteiger partial charge in [0.1, 0.15) is 17.3 Å². The van der Waals surface area contributed by atoms with Crippen LogP contribution in [0, 0.1) is 0 Å². The second kappa shape index (κ2) is 16.0. The van der Waals surface area contributed by atoms with E-state index in [2.05, 4.69) is 108 Å². The normalized spacial score (nSPS) is 16.2. The van der Waals surface area contributed by atoms with Crippen LogP contribution >= 0.6 is 23.9 Å². The molecule has 13 heteroatoms. The van der Waals surface area contributed by atoms with Gasteiger partial charge in [-0.3, -0.25) is 4.90 Å². The Morgan fingerprint density at radius 1 is 0.898 bits per heavy atom. The van der Waals surface area contributed by atoms with Crippen LogP contribution in [0.2, 0.25) is 0 Å². The molecule has 2 N–H and O–H groups in total. The molecule has 2 aromatic heterocycles. The summed E-state index contributed by atoms with van der Waals surface area (Å²) in [6.45, 7) is 13.5. The summed E-state index contributed by atoms with van der Waals surface area (Å²) < 4.78 is 12.2. The average Bonchev–Trinajstić information content (AvgIpc) is 3.13. The zero-order valence-corrected chi connectivity index (χ0v) is 31.8. The van der Waals surface area contributed by atoms with Gasteiger partial charge in [-0.25, -0.2) is 15.0 Å². The number of nitrogens with one attached hydrogen (secondary N) is 2. The van der Waals surface area contributed by atoms with E-state index in [1.165, 1.54) is 55.6 Å². The van der Waals surface area contributed by atoms with Gasteiger partial charge in [0.05, 0.1) is 24.4 Å². The number of nitrogens with zero attached hydrogens (tertiary/aromatic N) is 7. The first-order valence-electron chi connectivity index (χ1n) is 16.9. The molecule has 2 saturated heterocycles. The molecule has 2 fully saturated rings. The smallest absolute Gasteiger partial charge is 0.240 e. The predicted molar refractivity (Wildman–Crippen MR) is 205 cm³/mol. The van der Waals surface area contributed by atoms with E-state index in [0.29, 0.717) is 29.4 Å². The molecular weight excluding hydrogens is 701 g/mol. The first kappa shape index (κ1) is 35.3. The SMILES string of the molecule is CCc1cc(Nc2ncc(Br)c(Nc3ccc(-c4nccnc4OC)cc3P(C)C)n2)c(OC)cc1N1CCC(N2CCN(C)CC2)CC1. The Bertz CT molecular complexity index is 1740. The van der Waals surface area contributed by atoms with Crippen molar-refractivity contribution in [3.05, 3.63) is 59.0 Å². The highest BCUT2D eigenvalue weighted by Gasteiger charge is 2.28. The third-order valence-corrected chi connectivity index (χ3v) is 11.4. The number of hydrogen-bond donors (Lipinski definition) is 2. The fourth-order valence-corrected chi connectivity index (χ4v) is 8.01. The van der Waals surface area contributed by atoms with Gasteiger partial charge >= 0.3 is 0 Å². The second-order valence-corrected chi connectivity index (χ2v) is 15.9. The molecule has 0 aliphatic carbocycles. The lowest BCUT2D eigenvalue weighted by Gasteiger charge is -2.43. The summed E-state index contributed by atoms with van der Waals surface area (Å²) in [5.41, 5.74) is 6.02. The minimum Gasteiger partial charge on any atom is -0.494 e. The third kappa shape index (κ3) is 8.09. The van der Waals surface area contributed by atoms with E-state index >= 15 is 0 Å². The highest BCUT2D eigenvalue weighted by molar-refractivity contribution is 9.10. The zero-order valence-electron chi connectivity index (χ0n) is 29.3. The molecule has 0 amide bonds. The van der Waals surface area contributed by atoms with Crippen molar-refractivity contribution in [1.82, 2.24) is 29.7 Å². The Kier molecular flexibility index (Phi) is 11.5. The highest BCUT2D eigenvalue weighted by Crippen LogP contribution is 2.38. The predicted octanol–water partition coefficient (Wildman–Crippen LogP) is 6.35. The lowest BCUT2D eigenvalue weighted by molar-refractivity contribution is 0.0982. The number of piperazine rings is 1. The Hall–Kier alpha value is -3.57. The second-order valence-electron chi connectivity index (χ2n) is 12.8. The Balaban J connectivity index is 1.20. The van der Waals surface area contributed by atoms with E-state index in [0.717, 1.165) is 46.7 Å². The monoisotopic (exact) mass is 747 g/mol. The largest absolute Gasteiger partial charge is 0.494 e. The van der Waals surface area contributed by atoms with Crippen LogP contribution in [0.5, 0.6) is 11.6 Å². The maximum atomic E-state index is 5.93. The van der Waals surface area contributed by atoms with Gasteiger partial charge in [-0.1, -0.05) is 20.9 Å².